The molecule has 0 radical (unpaired) electrons. The van der Waals surface area contributed by atoms with Crippen molar-refractivity contribution >= 4 is 11.8 Å². The first-order valence-corrected chi connectivity index (χ1v) is 8.02. The van der Waals surface area contributed by atoms with Crippen molar-refractivity contribution in [3.05, 3.63) is 11.7 Å². The van der Waals surface area contributed by atoms with Crippen LogP contribution in [0.15, 0.2) is 4.52 Å². The van der Waals surface area contributed by atoms with Crippen molar-refractivity contribution in [2.45, 2.75) is 66.3 Å². The summed E-state index contributed by atoms with van der Waals surface area (Å²) in [7, 11) is 0. The maximum Gasteiger partial charge on any atom is 0.236 e. The number of rotatable bonds is 7. The summed E-state index contributed by atoms with van der Waals surface area (Å²) in [5.41, 5.74) is -0.597. The van der Waals surface area contributed by atoms with Crippen LogP contribution >= 0.6 is 0 Å². The normalized spacial score (nSPS) is 22.1. The second kappa shape index (κ2) is 6.58. The average molecular weight is 307 g/mol. The highest BCUT2D eigenvalue weighted by molar-refractivity contribution is 6.05. The lowest BCUT2D eigenvalue weighted by molar-refractivity contribution is -0.142. The Bertz CT molecular complexity index is 553. The summed E-state index contributed by atoms with van der Waals surface area (Å²) < 4.78 is 5.15. The molecule has 0 aliphatic carbocycles. The summed E-state index contributed by atoms with van der Waals surface area (Å²) in [5.74, 6) is 1.08. The van der Waals surface area contributed by atoms with Crippen LogP contribution in [0.1, 0.15) is 65.1 Å². The fourth-order valence-electron chi connectivity index (χ4n) is 3.09. The largest absolute Gasteiger partial charge is 0.339 e. The number of carbonyl (C=O) groups is 2. The lowest BCUT2D eigenvalue weighted by Gasteiger charge is -2.23. The fraction of sp³-hybridized carbons (Fsp3) is 0.750. The molecule has 1 unspecified atom stereocenters. The molecule has 2 heterocycles. The number of amides is 2. The summed E-state index contributed by atoms with van der Waals surface area (Å²) >= 11 is 0. The van der Waals surface area contributed by atoms with E-state index in [1.54, 1.807) is 0 Å². The summed E-state index contributed by atoms with van der Waals surface area (Å²) in [5, 5.41) is 3.88. The van der Waals surface area contributed by atoms with Gasteiger partial charge in [-0.25, -0.2) is 0 Å². The van der Waals surface area contributed by atoms with Crippen LogP contribution in [0.2, 0.25) is 0 Å². The van der Waals surface area contributed by atoms with E-state index in [2.05, 4.69) is 30.9 Å². The number of hydrogen-bond acceptors (Lipinski definition) is 5. The maximum absolute atomic E-state index is 12.6. The van der Waals surface area contributed by atoms with Crippen molar-refractivity contribution in [1.29, 1.82) is 0 Å². The predicted molar refractivity (Wildman–Crippen MR) is 80.6 cm³/mol. The van der Waals surface area contributed by atoms with E-state index in [9.17, 15) is 9.59 Å². The first kappa shape index (κ1) is 16.6. The number of likely N-dealkylation sites (tertiary alicyclic amines) is 1. The molecule has 0 bridgehead atoms. The predicted octanol–water partition coefficient (Wildman–Crippen LogP) is 2.72. The first-order valence-electron chi connectivity index (χ1n) is 8.02. The van der Waals surface area contributed by atoms with Gasteiger partial charge >= 0.3 is 0 Å². The van der Waals surface area contributed by atoms with Gasteiger partial charge in [-0.05, 0) is 18.8 Å². The van der Waals surface area contributed by atoms with Gasteiger partial charge in [-0.1, -0.05) is 39.3 Å². The van der Waals surface area contributed by atoms with Gasteiger partial charge < -0.3 is 4.52 Å². The zero-order valence-corrected chi connectivity index (χ0v) is 13.9. The summed E-state index contributed by atoms with van der Waals surface area (Å²) in [4.78, 5) is 30.3. The molecule has 2 rings (SSSR count). The molecule has 6 nitrogen and oxygen atoms in total. The summed E-state index contributed by atoms with van der Waals surface area (Å²) in [6, 6.07) is 0. The lowest BCUT2D eigenvalue weighted by atomic mass is 9.80. The quantitative estimate of drug-likeness (QED) is 0.724. The van der Waals surface area contributed by atoms with Crippen molar-refractivity contribution in [3.8, 4) is 0 Å². The van der Waals surface area contributed by atoms with Crippen LogP contribution in [-0.2, 0) is 22.6 Å². The van der Waals surface area contributed by atoms with E-state index in [-0.39, 0.29) is 24.8 Å². The second-order valence-electron chi connectivity index (χ2n) is 6.83. The van der Waals surface area contributed by atoms with Gasteiger partial charge in [0, 0.05) is 12.8 Å². The zero-order valence-electron chi connectivity index (χ0n) is 13.9. The third kappa shape index (κ3) is 3.54. The Morgan fingerprint density at radius 3 is 2.73 bits per heavy atom. The van der Waals surface area contributed by atoms with E-state index in [0.29, 0.717) is 24.1 Å². The van der Waals surface area contributed by atoms with Gasteiger partial charge in [0.2, 0.25) is 17.7 Å². The third-order valence-electron chi connectivity index (χ3n) is 4.02. The topological polar surface area (TPSA) is 76.3 Å². The van der Waals surface area contributed by atoms with Crippen LogP contribution in [0.4, 0.5) is 0 Å². The Morgan fingerprint density at radius 1 is 1.36 bits per heavy atom. The third-order valence-corrected chi connectivity index (χ3v) is 4.02. The van der Waals surface area contributed by atoms with Gasteiger partial charge in [0.15, 0.2) is 5.82 Å². The van der Waals surface area contributed by atoms with Crippen molar-refractivity contribution in [3.63, 3.8) is 0 Å². The molecule has 1 fully saturated rings. The number of aromatic nitrogens is 2. The Labute approximate surface area is 131 Å². The van der Waals surface area contributed by atoms with Crippen molar-refractivity contribution in [2.24, 2.45) is 11.3 Å². The molecule has 1 aliphatic heterocycles. The number of unbranched alkanes of at least 4 members (excludes halogenated alkanes) is 1. The summed E-state index contributed by atoms with van der Waals surface area (Å²) in [6.07, 6.45) is 3.74. The van der Waals surface area contributed by atoms with Gasteiger partial charge in [0.25, 0.3) is 0 Å². The molecule has 6 heteroatoms. The minimum atomic E-state index is -0.597. The highest BCUT2D eigenvalue weighted by Crippen LogP contribution is 2.38. The summed E-state index contributed by atoms with van der Waals surface area (Å²) in [6.45, 7) is 8.20. The highest BCUT2D eigenvalue weighted by Gasteiger charge is 2.48. The molecule has 1 aromatic heterocycles. The Balaban J connectivity index is 2.05. The van der Waals surface area contributed by atoms with Crippen molar-refractivity contribution in [2.75, 3.05) is 0 Å². The monoisotopic (exact) mass is 307 g/mol. The van der Waals surface area contributed by atoms with E-state index in [1.807, 2.05) is 6.92 Å². The molecule has 1 aliphatic rings. The van der Waals surface area contributed by atoms with Gasteiger partial charge in [0.05, 0.1) is 12.0 Å². The molecule has 0 N–H and O–H groups in total. The van der Waals surface area contributed by atoms with Gasteiger partial charge in [0.1, 0.15) is 0 Å². The minimum Gasteiger partial charge on any atom is -0.339 e. The van der Waals surface area contributed by atoms with Crippen LogP contribution < -0.4 is 0 Å². The first-order chi connectivity index (χ1) is 10.4. The van der Waals surface area contributed by atoms with E-state index < -0.39 is 5.41 Å². The SMILES string of the molecule is CCCCc1nc(CN2C(=O)CC(C)(CC(C)C)C2=O)no1. The Kier molecular flexibility index (Phi) is 4.98. The van der Waals surface area contributed by atoms with Crippen LogP contribution in [0.25, 0.3) is 0 Å². The van der Waals surface area contributed by atoms with Gasteiger partial charge in [-0.3, -0.25) is 14.5 Å². The van der Waals surface area contributed by atoms with Crippen molar-refractivity contribution in [1.82, 2.24) is 15.0 Å². The van der Waals surface area contributed by atoms with E-state index in [4.69, 9.17) is 4.52 Å². The van der Waals surface area contributed by atoms with E-state index in [0.717, 1.165) is 19.3 Å². The molecule has 0 saturated carbocycles. The zero-order chi connectivity index (χ0) is 16.3. The van der Waals surface area contributed by atoms with E-state index in [1.165, 1.54) is 4.90 Å². The molecule has 1 saturated heterocycles. The molecular weight excluding hydrogens is 282 g/mol. The number of nitrogens with zero attached hydrogens (tertiary/aromatic N) is 3. The smallest absolute Gasteiger partial charge is 0.236 e. The van der Waals surface area contributed by atoms with Gasteiger partial charge in [-0.2, -0.15) is 4.98 Å². The maximum atomic E-state index is 12.6. The molecule has 0 spiro atoms. The second-order valence-corrected chi connectivity index (χ2v) is 6.83. The molecule has 0 aromatic carbocycles. The van der Waals surface area contributed by atoms with Crippen molar-refractivity contribution < 1.29 is 14.1 Å². The number of aryl methyl sites for hydroxylation is 1. The van der Waals surface area contributed by atoms with Crippen LogP contribution in [-0.4, -0.2) is 26.9 Å². The van der Waals surface area contributed by atoms with Crippen LogP contribution in [0, 0.1) is 11.3 Å². The number of carbonyl (C=O) groups excluding carboxylic acids is 2. The van der Waals surface area contributed by atoms with Gasteiger partial charge in [-0.15, -0.1) is 0 Å². The number of imide groups is 1. The standard InChI is InChI=1S/C16H25N3O3/c1-5-6-7-13-17-12(18-22-13)10-19-14(20)9-16(4,15(19)21)8-11(2)3/h11H,5-10H2,1-4H3. The Hall–Kier alpha value is -1.72. The van der Waals surface area contributed by atoms with Crippen LogP contribution in [0.3, 0.4) is 0 Å². The highest BCUT2D eigenvalue weighted by atomic mass is 16.5. The molecule has 1 aromatic rings. The molecule has 2 amide bonds. The fourth-order valence-corrected chi connectivity index (χ4v) is 3.09. The molecule has 22 heavy (non-hydrogen) atoms. The molecule has 1 atom stereocenters. The lowest BCUT2D eigenvalue weighted by Crippen LogP contribution is -2.34. The molecule has 122 valence electrons. The molecular formula is C16H25N3O3. The average Bonchev–Trinajstić information content (AvgIpc) is 2.95. The Morgan fingerprint density at radius 2 is 2.09 bits per heavy atom. The minimum absolute atomic E-state index is 0.112. The van der Waals surface area contributed by atoms with Crippen LogP contribution in [0.5, 0.6) is 0 Å². The number of hydrogen-bond donors (Lipinski definition) is 0. The van der Waals surface area contributed by atoms with E-state index >= 15 is 0 Å².